The summed E-state index contributed by atoms with van der Waals surface area (Å²) in [7, 11) is 15.0. The summed E-state index contributed by atoms with van der Waals surface area (Å²) in [5.74, 6) is -3.54. The first-order valence-corrected chi connectivity index (χ1v) is 21.5. The molecule has 0 saturated carbocycles. The van der Waals surface area contributed by atoms with Crippen molar-refractivity contribution in [2.75, 3.05) is 66.2 Å². The van der Waals surface area contributed by atoms with E-state index in [-0.39, 0.29) is 47.3 Å². The fourth-order valence-corrected chi connectivity index (χ4v) is 7.40. The maximum absolute atomic E-state index is 13.3. The van der Waals surface area contributed by atoms with Crippen molar-refractivity contribution < 1.29 is 43.1 Å². The van der Waals surface area contributed by atoms with Gasteiger partial charge in [-0.25, -0.2) is 4.79 Å². The summed E-state index contributed by atoms with van der Waals surface area (Å²) in [6.45, 7) is 0.756. The highest BCUT2D eigenvalue weighted by Gasteiger charge is 2.22. The van der Waals surface area contributed by atoms with E-state index in [1.807, 2.05) is 19.0 Å². The van der Waals surface area contributed by atoms with E-state index in [0.717, 1.165) is 6.54 Å². The molecular formula is C46H56N14O9. The lowest BCUT2D eigenvalue weighted by Crippen LogP contribution is -2.28. The summed E-state index contributed by atoms with van der Waals surface area (Å²) >= 11 is 0. The zero-order valence-electron chi connectivity index (χ0n) is 39.8. The molecule has 23 nitrogen and oxygen atoms in total. The summed E-state index contributed by atoms with van der Waals surface area (Å²) in [6, 6.07) is 9.05. The average Bonchev–Trinajstić information content (AvgIpc) is 4.14. The molecule has 7 amide bonds. The Hall–Kier alpha value is -8.60. The second kappa shape index (κ2) is 21.4. The number of rotatable bonds is 19. The van der Waals surface area contributed by atoms with Crippen LogP contribution in [0.25, 0.3) is 0 Å². The number of ether oxygens (including phenoxy) is 1. The Kier molecular flexibility index (Phi) is 15.4. The summed E-state index contributed by atoms with van der Waals surface area (Å²) in [4.78, 5) is 105. The number of nitrogens with zero attached hydrogens (tertiary/aromatic N) is 7. The molecule has 364 valence electrons. The summed E-state index contributed by atoms with van der Waals surface area (Å²) < 4.78 is 14.0. The minimum atomic E-state index is -0.553. The van der Waals surface area contributed by atoms with Crippen molar-refractivity contribution in [2.24, 2.45) is 42.3 Å². The number of anilines is 6. The van der Waals surface area contributed by atoms with Crippen LogP contribution in [0.5, 0.6) is 0 Å². The van der Waals surface area contributed by atoms with Gasteiger partial charge < -0.3 is 74.3 Å². The molecule has 0 fully saturated rings. The highest BCUT2D eigenvalue weighted by atomic mass is 16.5. The lowest BCUT2D eigenvalue weighted by atomic mass is 10.3. The molecule has 0 aromatic carbocycles. The summed E-state index contributed by atoms with van der Waals surface area (Å²) in [5.41, 5.74) is 3.69. The van der Waals surface area contributed by atoms with Crippen LogP contribution in [0.4, 0.5) is 34.1 Å². The highest BCUT2D eigenvalue weighted by Crippen LogP contribution is 2.22. The van der Waals surface area contributed by atoms with Crippen LogP contribution in [-0.2, 0) is 56.6 Å². The van der Waals surface area contributed by atoms with Gasteiger partial charge in [0.05, 0.1) is 41.2 Å². The number of carbonyl (C=O) groups excluding carboxylic acids is 8. The number of amides is 7. The van der Waals surface area contributed by atoms with Crippen LogP contribution in [0.2, 0.25) is 0 Å². The zero-order chi connectivity index (χ0) is 50.3. The lowest BCUT2D eigenvalue weighted by molar-refractivity contribution is -0.117. The largest absolute Gasteiger partial charge is 0.464 e. The van der Waals surface area contributed by atoms with E-state index in [4.69, 9.17) is 4.74 Å². The Labute approximate surface area is 396 Å². The summed E-state index contributed by atoms with van der Waals surface area (Å²) in [5, 5.41) is 19.3. The fraction of sp³-hybridized carbons (Fsp3) is 0.304. The van der Waals surface area contributed by atoms with Crippen LogP contribution in [0.15, 0.2) is 73.6 Å². The van der Waals surface area contributed by atoms with E-state index in [0.29, 0.717) is 52.7 Å². The molecule has 0 spiro atoms. The van der Waals surface area contributed by atoms with Crippen molar-refractivity contribution in [2.45, 2.75) is 19.3 Å². The molecule has 69 heavy (non-hydrogen) atoms. The number of carbonyl (C=O) groups is 8. The first kappa shape index (κ1) is 49.8. The number of hydrogen-bond donors (Lipinski definition) is 7. The van der Waals surface area contributed by atoms with Crippen LogP contribution >= 0.6 is 0 Å². The van der Waals surface area contributed by atoms with Crippen LogP contribution in [0.1, 0.15) is 82.2 Å². The van der Waals surface area contributed by atoms with E-state index in [9.17, 15) is 38.4 Å². The molecule has 6 aromatic rings. The average molecular weight is 949 g/mol. The van der Waals surface area contributed by atoms with Gasteiger partial charge in [-0.2, -0.15) is 0 Å². The van der Waals surface area contributed by atoms with Gasteiger partial charge in [-0.3, -0.25) is 33.6 Å². The molecule has 6 heterocycles. The van der Waals surface area contributed by atoms with Crippen molar-refractivity contribution in [1.29, 1.82) is 0 Å². The van der Waals surface area contributed by atoms with Gasteiger partial charge in [0.15, 0.2) is 0 Å². The Balaban J connectivity index is 0.954. The SMILES string of the molecule is COC(=O)c1cc(NC(=O)c2cc(NC(=O)c3cc(NC(=O)CCNC(=O)c4cc(NC(=O)c5cc(NC(=O)c6cc(NC(=O)CCCN(C)C)cn6C)cn5C)cn4C)cn3C)cn2C)cn1C. The van der Waals surface area contributed by atoms with Crippen LogP contribution in [0.3, 0.4) is 0 Å². The Morgan fingerprint density at radius 3 is 1.06 bits per heavy atom. The van der Waals surface area contributed by atoms with E-state index in [1.165, 1.54) is 55.7 Å². The topological polar surface area (TPSA) is 263 Å². The minimum Gasteiger partial charge on any atom is -0.464 e. The molecule has 7 N–H and O–H groups in total. The molecule has 0 saturated heterocycles. The van der Waals surface area contributed by atoms with Crippen LogP contribution < -0.4 is 37.2 Å². The second-order valence-electron chi connectivity index (χ2n) is 16.7. The molecule has 0 radical (unpaired) electrons. The number of esters is 1. The monoisotopic (exact) mass is 948 g/mol. The smallest absolute Gasteiger partial charge is 0.354 e. The standard InChI is InChI=1S/C46H56N14O9/c1-54(2)14-10-11-39(61)48-27-15-34(56(4)21-27)42(64)51-30-18-36(58(6)24-30)44(66)50-29-17-33(55(3)23-29)41(63)47-13-12-40(62)49-28-16-35(57(5)22-28)43(65)52-31-19-37(59(7)25-31)45(67)53-32-20-38(46(68)69-9)60(8)26-32/h15-26H,10-14H2,1-9H3,(H,47,63)(H,48,61)(H,49,62)(H,50,66)(H,51,64)(H,52,65)(H,53,67). The molecule has 0 aliphatic carbocycles. The van der Waals surface area contributed by atoms with Crippen LogP contribution in [-0.4, -0.2) is 114 Å². The first-order chi connectivity index (χ1) is 32.7. The van der Waals surface area contributed by atoms with E-state index >= 15 is 0 Å². The lowest BCUT2D eigenvalue weighted by Gasteiger charge is -2.08. The second-order valence-corrected chi connectivity index (χ2v) is 16.7. The minimum absolute atomic E-state index is 0.0219. The molecule has 0 atom stereocenters. The maximum atomic E-state index is 13.3. The van der Waals surface area contributed by atoms with Gasteiger partial charge in [0.25, 0.3) is 29.5 Å². The molecule has 0 unspecified atom stereocenters. The summed E-state index contributed by atoms with van der Waals surface area (Å²) in [6.07, 6.45) is 10.4. The van der Waals surface area contributed by atoms with Gasteiger partial charge in [-0.05, 0) is 63.5 Å². The molecule has 23 heteroatoms. The van der Waals surface area contributed by atoms with Gasteiger partial charge in [0.1, 0.15) is 34.2 Å². The quantitative estimate of drug-likeness (QED) is 0.0581. The number of nitrogens with one attached hydrogen (secondary N) is 7. The number of aryl methyl sites for hydroxylation is 6. The Morgan fingerprint density at radius 1 is 0.435 bits per heavy atom. The normalized spacial score (nSPS) is 11.0. The van der Waals surface area contributed by atoms with Gasteiger partial charge >= 0.3 is 5.97 Å². The van der Waals surface area contributed by atoms with Crippen molar-refractivity contribution >= 4 is 81.4 Å². The third-order valence-electron chi connectivity index (χ3n) is 10.8. The van der Waals surface area contributed by atoms with Gasteiger partial charge in [0, 0.05) is 98.9 Å². The zero-order valence-corrected chi connectivity index (χ0v) is 39.8. The van der Waals surface area contributed by atoms with Gasteiger partial charge in [-0.15, -0.1) is 0 Å². The third kappa shape index (κ3) is 12.4. The number of methoxy groups -OCH3 is 1. The predicted octanol–water partition coefficient (Wildman–Crippen LogP) is 3.55. The fourth-order valence-electron chi connectivity index (χ4n) is 7.40. The third-order valence-corrected chi connectivity index (χ3v) is 10.8. The van der Waals surface area contributed by atoms with Crippen molar-refractivity contribution in [3.63, 3.8) is 0 Å². The molecule has 0 bridgehead atoms. The highest BCUT2D eigenvalue weighted by molar-refractivity contribution is 6.09. The van der Waals surface area contributed by atoms with E-state index in [1.54, 1.807) is 94.7 Å². The van der Waals surface area contributed by atoms with Crippen molar-refractivity contribution in [1.82, 2.24) is 37.6 Å². The number of hydrogen-bond acceptors (Lipinski definition) is 10. The molecular weight excluding hydrogens is 893 g/mol. The van der Waals surface area contributed by atoms with Crippen LogP contribution in [0, 0.1) is 0 Å². The maximum Gasteiger partial charge on any atom is 0.354 e. The van der Waals surface area contributed by atoms with E-state index in [2.05, 4.69) is 37.2 Å². The Morgan fingerprint density at radius 2 is 0.725 bits per heavy atom. The van der Waals surface area contributed by atoms with Gasteiger partial charge in [0.2, 0.25) is 11.8 Å². The molecule has 0 aliphatic heterocycles. The van der Waals surface area contributed by atoms with E-state index < -0.39 is 41.4 Å². The number of aromatic nitrogens is 6. The predicted molar refractivity (Wildman–Crippen MR) is 258 cm³/mol. The molecule has 0 aliphatic rings. The van der Waals surface area contributed by atoms with Crippen molar-refractivity contribution in [3.8, 4) is 0 Å². The van der Waals surface area contributed by atoms with Gasteiger partial charge in [-0.1, -0.05) is 0 Å². The first-order valence-electron chi connectivity index (χ1n) is 21.5. The Bertz CT molecular complexity index is 2960. The molecule has 6 aromatic heterocycles. The molecule has 6 rings (SSSR count). The van der Waals surface area contributed by atoms with Crippen molar-refractivity contribution in [3.05, 3.63) is 108 Å².